The molecule has 1 amide bonds. The first-order chi connectivity index (χ1) is 14.9. The summed E-state index contributed by atoms with van der Waals surface area (Å²) in [4.78, 5) is 25.3. The highest BCUT2D eigenvalue weighted by atomic mass is 32.1. The van der Waals surface area contributed by atoms with E-state index in [9.17, 15) is 9.59 Å². The van der Waals surface area contributed by atoms with Crippen LogP contribution in [0, 0.1) is 13.8 Å². The molecule has 1 heterocycles. The number of benzene rings is 2. The van der Waals surface area contributed by atoms with Crippen LogP contribution in [-0.2, 0) is 16.0 Å². The molecule has 3 aromatic rings. The van der Waals surface area contributed by atoms with Crippen molar-refractivity contribution in [1.82, 2.24) is 0 Å². The number of carbonyl (C=O) groups excluding carboxylic acids is 2. The van der Waals surface area contributed by atoms with E-state index in [-0.39, 0.29) is 12.5 Å². The lowest BCUT2D eigenvalue weighted by Gasteiger charge is -2.10. The van der Waals surface area contributed by atoms with Crippen molar-refractivity contribution in [2.24, 2.45) is 0 Å². The van der Waals surface area contributed by atoms with Gasteiger partial charge in [0, 0.05) is 17.4 Å². The van der Waals surface area contributed by atoms with Gasteiger partial charge in [-0.1, -0.05) is 30.3 Å². The molecule has 5 nitrogen and oxygen atoms in total. The zero-order valence-electron chi connectivity index (χ0n) is 18.3. The Labute approximate surface area is 187 Å². The average molecular weight is 438 g/mol. The number of hydrogen-bond acceptors (Lipinski definition) is 5. The molecule has 0 spiro atoms. The van der Waals surface area contributed by atoms with Crippen LogP contribution in [0.1, 0.15) is 40.4 Å². The fourth-order valence-corrected chi connectivity index (χ4v) is 4.19. The summed E-state index contributed by atoms with van der Waals surface area (Å²) in [6, 6.07) is 13.7. The molecule has 0 atom stereocenters. The van der Waals surface area contributed by atoms with Gasteiger partial charge in [-0.2, -0.15) is 0 Å². The van der Waals surface area contributed by atoms with Crippen LogP contribution in [-0.4, -0.2) is 25.6 Å². The topological polar surface area (TPSA) is 64.6 Å². The van der Waals surface area contributed by atoms with E-state index in [1.54, 1.807) is 14.0 Å². The minimum atomic E-state index is -0.428. The van der Waals surface area contributed by atoms with Gasteiger partial charge < -0.3 is 14.8 Å². The second-order valence-corrected chi connectivity index (χ2v) is 8.15. The van der Waals surface area contributed by atoms with E-state index in [2.05, 4.69) is 11.4 Å². The van der Waals surface area contributed by atoms with E-state index in [0.717, 1.165) is 28.0 Å². The fourth-order valence-electron chi connectivity index (χ4n) is 3.22. The molecular formula is C25H27NO4S. The fraction of sp³-hybridized carbons (Fsp3) is 0.280. The van der Waals surface area contributed by atoms with Gasteiger partial charge in [-0.25, -0.2) is 4.79 Å². The van der Waals surface area contributed by atoms with Crippen LogP contribution >= 0.6 is 11.3 Å². The summed E-state index contributed by atoms with van der Waals surface area (Å²) in [6.07, 6.45) is 0.908. The van der Waals surface area contributed by atoms with E-state index >= 15 is 0 Å². The molecule has 0 aliphatic rings. The summed E-state index contributed by atoms with van der Waals surface area (Å²) in [5.41, 5.74) is 5.49. The number of methoxy groups -OCH3 is 1. The van der Waals surface area contributed by atoms with Crippen molar-refractivity contribution in [3.63, 3.8) is 0 Å². The van der Waals surface area contributed by atoms with Crippen LogP contribution in [0.5, 0.6) is 5.75 Å². The molecule has 6 heteroatoms. The van der Waals surface area contributed by atoms with Crippen LogP contribution in [0.25, 0.3) is 11.1 Å². The highest BCUT2D eigenvalue weighted by Crippen LogP contribution is 2.37. The maximum Gasteiger partial charge on any atom is 0.341 e. The van der Waals surface area contributed by atoms with Crippen LogP contribution < -0.4 is 10.1 Å². The minimum Gasteiger partial charge on any atom is -0.497 e. The smallest absolute Gasteiger partial charge is 0.341 e. The van der Waals surface area contributed by atoms with Crippen molar-refractivity contribution >= 4 is 28.2 Å². The molecule has 0 aliphatic heterocycles. The molecule has 162 valence electrons. The zero-order chi connectivity index (χ0) is 22.4. The number of anilines is 1. The third-order valence-corrected chi connectivity index (χ3v) is 6.04. The maximum atomic E-state index is 12.7. The molecule has 0 saturated heterocycles. The molecule has 0 aliphatic carbocycles. The van der Waals surface area contributed by atoms with E-state index in [0.29, 0.717) is 23.4 Å². The predicted octanol–water partition coefficient (Wildman–Crippen LogP) is 5.79. The summed E-state index contributed by atoms with van der Waals surface area (Å²) in [7, 11) is 1.62. The molecule has 0 radical (unpaired) electrons. The summed E-state index contributed by atoms with van der Waals surface area (Å²) in [5.74, 6) is 0.210. The minimum absolute atomic E-state index is 0.144. The molecular weight excluding hydrogens is 410 g/mol. The molecule has 3 rings (SSSR count). The first-order valence-electron chi connectivity index (χ1n) is 10.2. The zero-order valence-corrected chi connectivity index (χ0v) is 19.1. The van der Waals surface area contributed by atoms with Gasteiger partial charge >= 0.3 is 5.97 Å². The van der Waals surface area contributed by atoms with E-state index in [1.165, 1.54) is 16.9 Å². The van der Waals surface area contributed by atoms with Gasteiger partial charge in [0.05, 0.1) is 13.7 Å². The number of thiophene rings is 1. The van der Waals surface area contributed by atoms with Crippen molar-refractivity contribution in [1.29, 1.82) is 0 Å². The lowest BCUT2D eigenvalue weighted by molar-refractivity contribution is -0.116. The number of carbonyl (C=O) groups is 2. The normalized spacial score (nSPS) is 10.6. The van der Waals surface area contributed by atoms with Gasteiger partial charge in [-0.3, -0.25) is 4.79 Å². The Morgan fingerprint density at radius 3 is 2.42 bits per heavy atom. The lowest BCUT2D eigenvalue weighted by Crippen LogP contribution is -2.15. The molecule has 31 heavy (non-hydrogen) atoms. The summed E-state index contributed by atoms with van der Waals surface area (Å²) < 4.78 is 10.4. The number of esters is 1. The van der Waals surface area contributed by atoms with Crippen molar-refractivity contribution in [2.75, 3.05) is 19.0 Å². The van der Waals surface area contributed by atoms with Gasteiger partial charge in [0.2, 0.25) is 5.91 Å². The molecule has 0 saturated carbocycles. The second kappa shape index (κ2) is 10.3. The Kier molecular flexibility index (Phi) is 7.47. The average Bonchev–Trinajstić information content (AvgIpc) is 3.18. The number of aryl methyl sites for hydroxylation is 3. The van der Waals surface area contributed by atoms with Crippen LogP contribution in [0.15, 0.2) is 47.8 Å². The van der Waals surface area contributed by atoms with Crippen molar-refractivity contribution in [3.05, 3.63) is 70.1 Å². The number of amides is 1. The molecule has 0 fully saturated rings. The first kappa shape index (κ1) is 22.6. The Balaban J connectivity index is 1.79. The SMILES string of the molecule is CCOC(=O)c1c(-c2ccc(C)c(C)c2)csc1NC(=O)CCc1ccc(OC)cc1. The van der Waals surface area contributed by atoms with Gasteiger partial charge in [0.15, 0.2) is 0 Å². The largest absolute Gasteiger partial charge is 0.497 e. The van der Waals surface area contributed by atoms with Gasteiger partial charge in [0.25, 0.3) is 0 Å². The standard InChI is InChI=1S/C25H27NO4S/c1-5-30-25(28)23-21(19-10-6-16(2)17(3)14-19)15-31-24(23)26-22(27)13-9-18-7-11-20(29-4)12-8-18/h6-8,10-12,14-15H,5,9,13H2,1-4H3,(H,26,27). The van der Waals surface area contributed by atoms with Gasteiger partial charge in [-0.15, -0.1) is 11.3 Å². The van der Waals surface area contributed by atoms with Crippen molar-refractivity contribution in [2.45, 2.75) is 33.6 Å². The van der Waals surface area contributed by atoms with Gasteiger partial charge in [-0.05, 0) is 61.6 Å². The van der Waals surface area contributed by atoms with E-state index < -0.39 is 5.97 Å². The monoisotopic (exact) mass is 437 g/mol. The van der Waals surface area contributed by atoms with E-state index in [1.807, 2.05) is 55.6 Å². The molecule has 2 aromatic carbocycles. The quantitative estimate of drug-likeness (QED) is 0.453. The molecule has 1 N–H and O–H groups in total. The Bertz CT molecular complexity index is 1070. The summed E-state index contributed by atoms with van der Waals surface area (Å²) in [5, 5.41) is 5.33. The van der Waals surface area contributed by atoms with Crippen LogP contribution in [0.4, 0.5) is 5.00 Å². The van der Waals surface area contributed by atoms with E-state index in [4.69, 9.17) is 9.47 Å². The number of ether oxygens (including phenoxy) is 2. The Morgan fingerprint density at radius 1 is 1.03 bits per heavy atom. The Morgan fingerprint density at radius 2 is 1.77 bits per heavy atom. The highest BCUT2D eigenvalue weighted by Gasteiger charge is 2.23. The Hall–Kier alpha value is -3.12. The third-order valence-electron chi connectivity index (χ3n) is 5.14. The van der Waals surface area contributed by atoms with Crippen LogP contribution in [0.3, 0.4) is 0 Å². The van der Waals surface area contributed by atoms with Crippen molar-refractivity contribution in [3.8, 4) is 16.9 Å². The molecule has 0 bridgehead atoms. The van der Waals surface area contributed by atoms with Gasteiger partial charge in [0.1, 0.15) is 16.3 Å². The van der Waals surface area contributed by atoms with Crippen LogP contribution in [0.2, 0.25) is 0 Å². The number of nitrogens with one attached hydrogen (secondary N) is 1. The van der Waals surface area contributed by atoms with Crippen molar-refractivity contribution < 1.29 is 19.1 Å². The third kappa shape index (κ3) is 5.52. The summed E-state index contributed by atoms with van der Waals surface area (Å²) >= 11 is 1.34. The molecule has 1 aromatic heterocycles. The second-order valence-electron chi connectivity index (χ2n) is 7.27. The number of hydrogen-bond donors (Lipinski definition) is 1. The number of rotatable bonds is 8. The molecule has 0 unspecified atom stereocenters. The first-order valence-corrected chi connectivity index (χ1v) is 11.1. The lowest BCUT2D eigenvalue weighted by atomic mass is 9.99. The summed E-state index contributed by atoms with van der Waals surface area (Å²) in [6.45, 7) is 6.13. The predicted molar refractivity (Wildman–Crippen MR) is 125 cm³/mol. The maximum absolute atomic E-state index is 12.7. The highest BCUT2D eigenvalue weighted by molar-refractivity contribution is 7.15.